The topological polar surface area (TPSA) is 57.4 Å². The maximum atomic E-state index is 6.00. The number of nitrogens with one attached hydrogen (secondary N) is 2. The average molecular weight is 827 g/mol. The number of fused-ring (bicyclic) bond motifs is 8. The third-order valence-electron chi connectivity index (χ3n) is 13.9. The molecule has 0 amide bonds. The molecule has 8 bridgehead atoms. The molecule has 2 aromatic carbocycles. The first kappa shape index (κ1) is 45.1. The van der Waals surface area contributed by atoms with Crippen LogP contribution in [-0.2, 0) is 38.5 Å². The molecule has 0 radical (unpaired) electrons. The Morgan fingerprint density at radius 3 is 1.29 bits per heavy atom. The Balaban J connectivity index is 1.73. The van der Waals surface area contributed by atoms with Crippen molar-refractivity contribution in [1.82, 2.24) is 19.9 Å². The summed E-state index contributed by atoms with van der Waals surface area (Å²) in [6, 6.07) is 23.8. The lowest BCUT2D eigenvalue weighted by Crippen LogP contribution is -1.96. The number of unbranched alkanes of at least 4 members (excludes halogenated alkanes) is 4. The van der Waals surface area contributed by atoms with Crippen LogP contribution in [0.25, 0.3) is 66.6 Å². The van der Waals surface area contributed by atoms with Gasteiger partial charge in [0.05, 0.1) is 28.3 Å². The lowest BCUT2D eigenvalue weighted by molar-refractivity contribution is 0.717. The molecule has 2 N–H and O–H groups in total. The van der Waals surface area contributed by atoms with Gasteiger partial charge in [0, 0.05) is 27.7 Å². The largest absolute Gasteiger partial charge is 0.355 e. The van der Waals surface area contributed by atoms with Gasteiger partial charge < -0.3 is 9.97 Å². The van der Waals surface area contributed by atoms with Gasteiger partial charge >= 0.3 is 0 Å². The van der Waals surface area contributed by atoms with E-state index in [9.17, 15) is 0 Å². The van der Waals surface area contributed by atoms with Gasteiger partial charge in [-0.3, -0.25) is 0 Å². The van der Waals surface area contributed by atoms with Crippen molar-refractivity contribution in [3.8, 4) is 22.3 Å². The molecule has 0 aliphatic carbocycles. The zero-order valence-electron chi connectivity index (χ0n) is 40.0. The Labute approximate surface area is 373 Å². The van der Waals surface area contributed by atoms with E-state index in [1.165, 1.54) is 139 Å². The van der Waals surface area contributed by atoms with Crippen LogP contribution in [0.3, 0.4) is 0 Å². The van der Waals surface area contributed by atoms with Gasteiger partial charge in [0.1, 0.15) is 0 Å². The second kappa shape index (κ2) is 20.5. The van der Waals surface area contributed by atoms with Crippen molar-refractivity contribution in [3.63, 3.8) is 0 Å². The van der Waals surface area contributed by atoms with Gasteiger partial charge in [-0.1, -0.05) is 143 Å². The van der Waals surface area contributed by atoms with Crippen molar-refractivity contribution in [2.75, 3.05) is 0 Å². The SMILES string of the molecule is CCCCCc1ccc(-c2c3nc(cc4[nH]c(cc5[nH]c(c(CC)c5CC)c(-c5ccc(CCCCC)cc5)c5nc2C(CC)=C5CC)c(CC)c4CC)C(CC)=C3CC)cc1. The van der Waals surface area contributed by atoms with E-state index in [-0.39, 0.29) is 0 Å². The summed E-state index contributed by atoms with van der Waals surface area (Å²) in [5.41, 5.74) is 27.8. The second-order valence-corrected chi connectivity index (χ2v) is 17.5. The van der Waals surface area contributed by atoms with Crippen LogP contribution in [-0.4, -0.2) is 19.9 Å². The highest BCUT2D eigenvalue weighted by Crippen LogP contribution is 2.48. The zero-order chi connectivity index (χ0) is 43.9. The van der Waals surface area contributed by atoms with Crippen LogP contribution in [0.1, 0.15) is 190 Å². The van der Waals surface area contributed by atoms with E-state index in [2.05, 4.69) is 140 Å². The standard InChI is InChI=1S/C58H74N4/c1-11-21-23-25-37-27-31-39(32-28-37)53-55-45(17-7)43(15-5)51(60-55)35-49-41(13-3)42(14-4)50(59-49)36-52-44(16-6)46(18-8)56(61-52)54(58-48(20-10)47(19-9)57(53)62-58)40-33-29-38(30-34-40)26-24-22-12-2/h27-36,59-60H,11-26H2,1-10H3. The van der Waals surface area contributed by atoms with Gasteiger partial charge in [-0.2, -0.15) is 0 Å². The average Bonchev–Trinajstić information content (AvgIpc) is 4.04. The molecule has 5 aromatic rings. The first-order valence-corrected chi connectivity index (χ1v) is 24.8. The molecule has 0 saturated carbocycles. The van der Waals surface area contributed by atoms with E-state index in [4.69, 9.17) is 9.97 Å². The van der Waals surface area contributed by atoms with E-state index < -0.39 is 0 Å². The van der Waals surface area contributed by atoms with Crippen LogP contribution in [0.2, 0.25) is 0 Å². The summed E-state index contributed by atoms with van der Waals surface area (Å²) >= 11 is 0. The Hall–Kier alpha value is -4.96. The molecular formula is C58H74N4. The highest BCUT2D eigenvalue weighted by Gasteiger charge is 2.30. The number of aromatic nitrogens is 4. The maximum absolute atomic E-state index is 6.00. The van der Waals surface area contributed by atoms with Crippen LogP contribution >= 0.6 is 0 Å². The quantitative estimate of drug-likeness (QED) is 0.0865. The van der Waals surface area contributed by atoms with E-state index >= 15 is 0 Å². The fourth-order valence-corrected chi connectivity index (χ4v) is 10.7. The summed E-state index contributed by atoms with van der Waals surface area (Å²) < 4.78 is 0. The first-order chi connectivity index (χ1) is 30.3. The molecule has 4 nitrogen and oxygen atoms in total. The molecule has 0 atom stereocenters. The predicted octanol–water partition coefficient (Wildman–Crippen LogP) is 16.8. The van der Waals surface area contributed by atoms with Gasteiger partial charge in [-0.15, -0.1) is 0 Å². The number of aryl methyl sites for hydroxylation is 6. The Morgan fingerprint density at radius 1 is 0.387 bits per heavy atom. The summed E-state index contributed by atoms with van der Waals surface area (Å²) in [4.78, 5) is 19.9. The van der Waals surface area contributed by atoms with Gasteiger partial charge in [0.25, 0.3) is 0 Å². The summed E-state index contributed by atoms with van der Waals surface area (Å²) in [7, 11) is 0. The van der Waals surface area contributed by atoms with Crippen molar-refractivity contribution in [2.45, 2.75) is 172 Å². The monoisotopic (exact) mass is 827 g/mol. The lowest BCUT2D eigenvalue weighted by Gasteiger charge is -2.13. The second-order valence-electron chi connectivity index (χ2n) is 17.5. The van der Waals surface area contributed by atoms with Crippen molar-refractivity contribution >= 4 is 44.4 Å². The molecule has 0 fully saturated rings. The van der Waals surface area contributed by atoms with E-state index in [0.29, 0.717) is 0 Å². The van der Waals surface area contributed by atoms with Gasteiger partial charge in [-0.25, -0.2) is 9.97 Å². The molecule has 0 saturated heterocycles. The van der Waals surface area contributed by atoms with Crippen LogP contribution in [0.4, 0.5) is 0 Å². The van der Waals surface area contributed by atoms with Crippen LogP contribution in [0.15, 0.2) is 60.7 Å². The molecule has 0 unspecified atom stereocenters. The first-order valence-electron chi connectivity index (χ1n) is 24.8. The Bertz CT molecular complexity index is 2610. The third-order valence-corrected chi connectivity index (χ3v) is 13.9. The smallest absolute Gasteiger partial charge is 0.0772 e. The molecule has 3 aromatic heterocycles. The number of nitrogens with zero attached hydrogens (tertiary/aromatic N) is 2. The van der Waals surface area contributed by atoms with E-state index in [0.717, 1.165) is 87.0 Å². The summed E-state index contributed by atoms with van der Waals surface area (Å²) in [6.07, 6.45) is 17.1. The normalized spacial score (nSPS) is 12.9. The molecule has 5 heterocycles. The Kier molecular flexibility index (Phi) is 14.9. The van der Waals surface area contributed by atoms with Gasteiger partial charge in [-0.05, 0) is 156 Å². The number of benzene rings is 2. The predicted molar refractivity (Wildman–Crippen MR) is 271 cm³/mol. The number of rotatable bonds is 18. The molecule has 2 aliphatic rings. The zero-order valence-corrected chi connectivity index (χ0v) is 40.0. The summed E-state index contributed by atoms with van der Waals surface area (Å²) in [5, 5.41) is 0. The molecule has 0 spiro atoms. The number of aromatic amines is 2. The Morgan fingerprint density at radius 2 is 0.806 bits per heavy atom. The minimum absolute atomic E-state index is 0.894. The number of hydrogen-bond acceptors (Lipinski definition) is 2. The molecule has 326 valence electrons. The van der Waals surface area contributed by atoms with Crippen molar-refractivity contribution in [3.05, 3.63) is 117 Å². The maximum Gasteiger partial charge on any atom is 0.0772 e. The van der Waals surface area contributed by atoms with Crippen LogP contribution in [0.5, 0.6) is 0 Å². The highest BCUT2D eigenvalue weighted by molar-refractivity contribution is 6.06. The minimum atomic E-state index is 0.894. The summed E-state index contributed by atoms with van der Waals surface area (Å²) in [5.74, 6) is 0. The van der Waals surface area contributed by atoms with E-state index in [1.54, 1.807) is 0 Å². The third kappa shape index (κ3) is 8.56. The summed E-state index contributed by atoms with van der Waals surface area (Å²) in [6.45, 7) is 23.1. The molecule has 2 aliphatic heterocycles. The highest BCUT2D eigenvalue weighted by atomic mass is 14.8. The van der Waals surface area contributed by atoms with Gasteiger partial charge in [0.15, 0.2) is 0 Å². The van der Waals surface area contributed by atoms with Crippen molar-refractivity contribution < 1.29 is 0 Å². The molecular weight excluding hydrogens is 753 g/mol. The molecule has 62 heavy (non-hydrogen) atoms. The van der Waals surface area contributed by atoms with Gasteiger partial charge in [0.2, 0.25) is 0 Å². The van der Waals surface area contributed by atoms with Crippen LogP contribution < -0.4 is 0 Å². The van der Waals surface area contributed by atoms with Crippen molar-refractivity contribution in [1.29, 1.82) is 0 Å². The minimum Gasteiger partial charge on any atom is -0.355 e. The molecule has 7 rings (SSSR count). The van der Waals surface area contributed by atoms with E-state index in [1.807, 2.05) is 0 Å². The molecule has 4 heteroatoms. The van der Waals surface area contributed by atoms with Crippen molar-refractivity contribution in [2.24, 2.45) is 0 Å². The number of H-pyrrole nitrogens is 2. The fraction of sp³-hybridized carbons (Fsp3) is 0.448. The fourth-order valence-electron chi connectivity index (χ4n) is 10.7. The lowest BCUT2D eigenvalue weighted by atomic mass is 9.89. The number of hydrogen-bond donors (Lipinski definition) is 2. The van der Waals surface area contributed by atoms with Crippen LogP contribution in [0, 0.1) is 0 Å². The number of allylic oxidation sites excluding steroid dienone is 4.